The Morgan fingerprint density at radius 2 is 0.771 bits per heavy atom. The molecule has 0 aliphatic rings. The highest BCUT2D eigenvalue weighted by Crippen LogP contribution is 2.44. The molecule has 48 heavy (non-hydrogen) atoms. The van der Waals surface area contributed by atoms with Crippen LogP contribution < -0.4 is 9.47 Å². The minimum Gasteiger partial charge on any atom is -0.490 e. The summed E-state index contributed by atoms with van der Waals surface area (Å²) < 4.78 is 160. The summed E-state index contributed by atoms with van der Waals surface area (Å²) in [7, 11) is 0. The first-order chi connectivity index (χ1) is 22.9. The van der Waals surface area contributed by atoms with E-state index >= 15 is 17.6 Å². The Balaban J connectivity index is 1.79. The smallest absolute Gasteiger partial charge is 0.200 e. The van der Waals surface area contributed by atoms with Gasteiger partial charge in [-0.3, -0.25) is 0 Å². The van der Waals surface area contributed by atoms with Crippen LogP contribution in [0.1, 0.15) is 39.5 Å². The Morgan fingerprint density at radius 3 is 1.08 bits per heavy atom. The summed E-state index contributed by atoms with van der Waals surface area (Å²) >= 11 is 0. The zero-order chi connectivity index (χ0) is 34.6. The van der Waals surface area contributed by atoms with Crippen molar-refractivity contribution in [2.24, 2.45) is 0 Å². The van der Waals surface area contributed by atoms with E-state index in [0.717, 1.165) is 25.2 Å². The van der Waals surface area contributed by atoms with Gasteiger partial charge in [-0.25, -0.2) is 43.9 Å². The highest BCUT2D eigenvalue weighted by Gasteiger charge is 2.31. The lowest BCUT2D eigenvalue weighted by molar-refractivity contribution is 0.262. The molecule has 0 aliphatic heterocycles. The van der Waals surface area contributed by atoms with Crippen molar-refractivity contribution in [3.05, 3.63) is 94.8 Å². The molecule has 4 aromatic carbocycles. The van der Waals surface area contributed by atoms with Gasteiger partial charge in [0.1, 0.15) is 11.4 Å². The second-order valence-electron chi connectivity index (χ2n) is 11.0. The Bertz CT molecular complexity index is 2030. The van der Waals surface area contributed by atoms with Crippen LogP contribution in [0.4, 0.5) is 43.9 Å². The van der Waals surface area contributed by atoms with E-state index in [2.05, 4.69) is 0 Å². The van der Waals surface area contributed by atoms with Gasteiger partial charge in [-0.05, 0) is 47.9 Å². The van der Waals surface area contributed by atoms with Gasteiger partial charge in [0, 0.05) is 23.2 Å². The summed E-state index contributed by atoms with van der Waals surface area (Å²) in [6, 6.07) is 5.57. The molecule has 0 amide bonds. The van der Waals surface area contributed by atoms with Crippen LogP contribution in [-0.4, -0.2) is 22.3 Å². The van der Waals surface area contributed by atoms with Crippen molar-refractivity contribution in [3.63, 3.8) is 0 Å². The van der Waals surface area contributed by atoms with Crippen molar-refractivity contribution >= 4 is 32.6 Å². The lowest BCUT2D eigenvalue weighted by atomic mass is 10.0. The van der Waals surface area contributed by atoms with Gasteiger partial charge in [-0.15, -0.1) is 0 Å². The predicted molar refractivity (Wildman–Crippen MR) is 158 cm³/mol. The largest absolute Gasteiger partial charge is 0.490 e. The Labute approximate surface area is 265 Å². The first kappa shape index (κ1) is 33.0. The molecule has 0 spiro atoms. The average molecular weight is 683 g/mol. The predicted octanol–water partition coefficient (Wildman–Crippen LogP) is 10.5. The van der Waals surface area contributed by atoms with Crippen molar-refractivity contribution in [2.75, 3.05) is 13.2 Å². The maximum atomic E-state index is 15.2. The molecule has 6 rings (SSSR count). The number of fused-ring (bicyclic) bond motifs is 6. The highest BCUT2D eigenvalue weighted by molar-refractivity contribution is 6.25. The zero-order valence-electron chi connectivity index (χ0n) is 25.2. The van der Waals surface area contributed by atoms with Gasteiger partial charge in [0.15, 0.2) is 58.0 Å². The molecule has 0 atom stereocenters. The van der Waals surface area contributed by atoms with Crippen LogP contribution >= 0.6 is 0 Å². The Kier molecular flexibility index (Phi) is 8.69. The maximum Gasteiger partial charge on any atom is 0.200 e. The third-order valence-electron chi connectivity index (χ3n) is 8.03. The number of aromatic nitrogens is 2. The lowest BCUT2D eigenvalue weighted by Gasteiger charge is -2.18. The van der Waals surface area contributed by atoms with E-state index in [0.29, 0.717) is 32.7 Å². The molecule has 0 fully saturated rings. The van der Waals surface area contributed by atoms with Gasteiger partial charge < -0.3 is 18.6 Å². The number of benzene rings is 4. The van der Waals surface area contributed by atoms with E-state index in [9.17, 15) is 26.3 Å². The average Bonchev–Trinajstić information content (AvgIpc) is 3.70. The maximum absolute atomic E-state index is 15.2. The fraction of sp³-hybridized carbons (Fsp3) is 0.235. The van der Waals surface area contributed by atoms with Crippen LogP contribution in [0, 0.1) is 58.2 Å². The number of halogens is 10. The van der Waals surface area contributed by atoms with Crippen LogP contribution in [0.15, 0.2) is 36.7 Å². The van der Waals surface area contributed by atoms with Gasteiger partial charge in [-0.2, -0.15) is 0 Å². The van der Waals surface area contributed by atoms with Crippen LogP contribution in [-0.2, 0) is 0 Å². The van der Waals surface area contributed by atoms with E-state index in [1.807, 2.05) is 13.8 Å². The van der Waals surface area contributed by atoms with Crippen molar-refractivity contribution in [3.8, 4) is 22.9 Å². The van der Waals surface area contributed by atoms with E-state index < -0.39 is 69.5 Å². The minimum absolute atomic E-state index is 0.0470. The van der Waals surface area contributed by atoms with Gasteiger partial charge in [-0.1, -0.05) is 26.7 Å². The molecule has 0 bridgehead atoms. The van der Waals surface area contributed by atoms with E-state index in [4.69, 9.17) is 9.47 Å². The SMILES string of the molecule is CCCCOc1cc2c(cc1OCCCC)c1ccn(-c3c(F)c(F)c(F)c(F)c3F)c1c1c2ccn1-c1c(F)c(F)c(F)c(F)c1F. The fourth-order valence-corrected chi connectivity index (χ4v) is 5.65. The van der Waals surface area contributed by atoms with E-state index in [1.54, 1.807) is 0 Å². The molecule has 252 valence electrons. The van der Waals surface area contributed by atoms with E-state index in [1.165, 1.54) is 24.3 Å². The number of unbranched alkanes of at least 4 members (excludes halogenated alkanes) is 2. The number of hydrogen-bond acceptors (Lipinski definition) is 2. The summed E-state index contributed by atoms with van der Waals surface area (Å²) in [4.78, 5) is 0. The third-order valence-corrected chi connectivity index (χ3v) is 8.03. The summed E-state index contributed by atoms with van der Waals surface area (Å²) in [5, 5.41) is 0.686. The summed E-state index contributed by atoms with van der Waals surface area (Å²) in [6.07, 6.45) is 4.84. The summed E-state index contributed by atoms with van der Waals surface area (Å²) in [5.74, 6) is -22.3. The van der Waals surface area contributed by atoms with Crippen LogP contribution in [0.5, 0.6) is 11.5 Å². The molecule has 0 aliphatic carbocycles. The first-order valence-electron chi connectivity index (χ1n) is 14.8. The van der Waals surface area contributed by atoms with Gasteiger partial charge in [0.2, 0.25) is 11.6 Å². The molecule has 0 saturated heterocycles. The van der Waals surface area contributed by atoms with E-state index in [-0.39, 0.29) is 46.5 Å². The standard InChI is InChI=1S/C34H24F10N2O2/c1-3-5-11-47-19-13-17-15-7-9-45(33-27(41)23(37)21(35)24(38)28(33)42)31(15)32-16(18(17)14-20(19)48-12-6-4-2)8-10-46(32)34-29(43)25(39)22(36)26(40)30(34)44/h7-10,13-14H,3-6,11-12H2,1-2H3. The highest BCUT2D eigenvalue weighted by atomic mass is 19.2. The minimum atomic E-state index is -2.42. The number of nitrogens with zero attached hydrogens (tertiary/aromatic N) is 2. The van der Waals surface area contributed by atoms with Crippen molar-refractivity contribution in [1.29, 1.82) is 0 Å². The monoisotopic (exact) mass is 682 g/mol. The lowest BCUT2D eigenvalue weighted by Crippen LogP contribution is -2.11. The molecular weight excluding hydrogens is 658 g/mol. The number of rotatable bonds is 10. The van der Waals surface area contributed by atoms with Crippen molar-refractivity contribution < 1.29 is 53.4 Å². The Morgan fingerprint density at radius 1 is 0.458 bits per heavy atom. The van der Waals surface area contributed by atoms with Gasteiger partial charge in [0.05, 0.1) is 24.2 Å². The van der Waals surface area contributed by atoms with Crippen LogP contribution in [0.3, 0.4) is 0 Å². The van der Waals surface area contributed by atoms with Crippen molar-refractivity contribution in [2.45, 2.75) is 39.5 Å². The molecule has 6 aromatic rings. The first-order valence-corrected chi connectivity index (χ1v) is 14.8. The van der Waals surface area contributed by atoms with Crippen LogP contribution in [0.25, 0.3) is 44.0 Å². The molecular formula is C34H24F10N2O2. The topological polar surface area (TPSA) is 28.3 Å². The van der Waals surface area contributed by atoms with Gasteiger partial charge >= 0.3 is 0 Å². The third kappa shape index (κ3) is 4.99. The van der Waals surface area contributed by atoms with Gasteiger partial charge in [0.25, 0.3) is 0 Å². The molecule has 0 saturated carbocycles. The second kappa shape index (κ2) is 12.6. The fourth-order valence-electron chi connectivity index (χ4n) is 5.65. The molecule has 0 unspecified atom stereocenters. The Hall–Kier alpha value is -4.88. The number of ether oxygens (including phenoxy) is 2. The zero-order valence-corrected chi connectivity index (χ0v) is 25.2. The normalized spacial score (nSPS) is 11.8. The molecule has 14 heteroatoms. The molecule has 0 radical (unpaired) electrons. The quantitative estimate of drug-likeness (QED) is 0.0623. The molecule has 4 nitrogen and oxygen atoms in total. The van der Waals surface area contributed by atoms with Crippen molar-refractivity contribution in [1.82, 2.24) is 9.13 Å². The molecule has 2 aromatic heterocycles. The second-order valence-corrected chi connectivity index (χ2v) is 11.0. The summed E-state index contributed by atoms with van der Waals surface area (Å²) in [6.45, 7) is 4.44. The number of hydrogen-bond donors (Lipinski definition) is 0. The molecule has 0 N–H and O–H groups in total. The summed E-state index contributed by atoms with van der Waals surface area (Å²) in [5.41, 5.74) is -3.64. The van der Waals surface area contributed by atoms with Crippen LogP contribution in [0.2, 0.25) is 0 Å². The molecule has 2 heterocycles.